The van der Waals surface area contributed by atoms with Crippen molar-refractivity contribution in [3.8, 4) is 0 Å². The topological polar surface area (TPSA) is 49.6 Å². The van der Waals surface area contributed by atoms with Gasteiger partial charge in [0.05, 0.1) is 11.3 Å². The van der Waals surface area contributed by atoms with Crippen LogP contribution in [0.15, 0.2) is 18.2 Å². The van der Waals surface area contributed by atoms with Gasteiger partial charge in [0.25, 0.3) is 5.91 Å². The Labute approximate surface area is 101 Å². The van der Waals surface area contributed by atoms with Gasteiger partial charge >= 0.3 is 0 Å². The third-order valence-corrected chi connectivity index (χ3v) is 2.51. The molecule has 1 aromatic carbocycles. The second-order valence-electron chi connectivity index (χ2n) is 4.23. The van der Waals surface area contributed by atoms with Gasteiger partial charge in [-0.2, -0.15) is 0 Å². The van der Waals surface area contributed by atoms with E-state index in [1.165, 1.54) is 23.1 Å². The molecular weight excluding hydrogens is 221 g/mol. The summed E-state index contributed by atoms with van der Waals surface area (Å²) < 4.78 is 13.2. The van der Waals surface area contributed by atoms with Gasteiger partial charge in [0.2, 0.25) is 0 Å². The van der Waals surface area contributed by atoms with Crippen LogP contribution in [0.2, 0.25) is 0 Å². The molecule has 0 aliphatic carbocycles. The Morgan fingerprint density at radius 2 is 1.94 bits per heavy atom. The van der Waals surface area contributed by atoms with Gasteiger partial charge < -0.3 is 15.5 Å². The summed E-state index contributed by atoms with van der Waals surface area (Å²) in [5.41, 5.74) is 5.67. The van der Waals surface area contributed by atoms with Crippen LogP contribution in [0.3, 0.4) is 0 Å². The average molecular weight is 239 g/mol. The zero-order valence-electron chi connectivity index (χ0n) is 10.4. The summed E-state index contributed by atoms with van der Waals surface area (Å²) in [5, 5.41) is 0. The Hall–Kier alpha value is -1.62. The lowest BCUT2D eigenvalue weighted by atomic mass is 10.1. The van der Waals surface area contributed by atoms with Gasteiger partial charge in [-0.05, 0) is 26.2 Å². The lowest BCUT2D eigenvalue weighted by Crippen LogP contribution is -2.33. The fourth-order valence-corrected chi connectivity index (χ4v) is 1.38. The average Bonchev–Trinajstić information content (AvgIpc) is 2.28. The van der Waals surface area contributed by atoms with E-state index in [9.17, 15) is 9.18 Å². The molecule has 4 nitrogen and oxygen atoms in total. The minimum atomic E-state index is -0.558. The third kappa shape index (κ3) is 3.42. The first-order valence-corrected chi connectivity index (χ1v) is 5.37. The number of amides is 1. The molecule has 5 heteroatoms. The first-order chi connectivity index (χ1) is 7.93. The number of halogens is 1. The monoisotopic (exact) mass is 239 g/mol. The number of nitrogen functional groups attached to an aromatic ring is 1. The van der Waals surface area contributed by atoms with Crippen molar-refractivity contribution in [3.05, 3.63) is 29.6 Å². The van der Waals surface area contributed by atoms with E-state index in [0.717, 1.165) is 6.54 Å². The molecule has 17 heavy (non-hydrogen) atoms. The van der Waals surface area contributed by atoms with Crippen LogP contribution in [0.1, 0.15) is 10.4 Å². The molecule has 0 atom stereocenters. The molecule has 1 aromatic rings. The maximum atomic E-state index is 13.2. The summed E-state index contributed by atoms with van der Waals surface area (Å²) in [4.78, 5) is 15.5. The van der Waals surface area contributed by atoms with Crippen LogP contribution in [-0.4, -0.2) is 49.9 Å². The molecule has 0 saturated carbocycles. The zero-order valence-corrected chi connectivity index (χ0v) is 10.4. The standard InChI is InChI=1S/C12H18FN3O/c1-15(2)7-8-16(3)12(17)9-5-4-6-10(13)11(9)14/h4-6H,7-8,14H2,1-3H3. The molecule has 0 aliphatic rings. The first-order valence-electron chi connectivity index (χ1n) is 5.37. The Morgan fingerprint density at radius 3 is 2.53 bits per heavy atom. The first kappa shape index (κ1) is 13.4. The van der Waals surface area contributed by atoms with Gasteiger partial charge in [-0.3, -0.25) is 4.79 Å². The molecule has 0 unspecified atom stereocenters. The smallest absolute Gasteiger partial charge is 0.255 e. The van der Waals surface area contributed by atoms with E-state index in [0.29, 0.717) is 6.54 Å². The van der Waals surface area contributed by atoms with Crippen molar-refractivity contribution in [2.24, 2.45) is 0 Å². The van der Waals surface area contributed by atoms with Crippen molar-refractivity contribution >= 4 is 11.6 Å². The molecule has 0 radical (unpaired) electrons. The number of rotatable bonds is 4. The van der Waals surface area contributed by atoms with E-state index in [-0.39, 0.29) is 17.2 Å². The van der Waals surface area contributed by atoms with E-state index < -0.39 is 5.82 Å². The molecule has 1 rings (SSSR count). The highest BCUT2D eigenvalue weighted by Gasteiger charge is 2.16. The van der Waals surface area contributed by atoms with Crippen molar-refractivity contribution in [2.45, 2.75) is 0 Å². The molecule has 94 valence electrons. The third-order valence-electron chi connectivity index (χ3n) is 2.51. The SMILES string of the molecule is CN(C)CCN(C)C(=O)c1cccc(F)c1N. The van der Waals surface area contributed by atoms with Crippen molar-refractivity contribution < 1.29 is 9.18 Å². The molecule has 0 bridgehead atoms. The minimum absolute atomic E-state index is 0.0887. The van der Waals surface area contributed by atoms with Crippen LogP contribution in [0.25, 0.3) is 0 Å². The van der Waals surface area contributed by atoms with Gasteiger partial charge in [0.1, 0.15) is 5.82 Å². The van der Waals surface area contributed by atoms with Crippen LogP contribution < -0.4 is 5.73 Å². The van der Waals surface area contributed by atoms with Gasteiger partial charge in [-0.25, -0.2) is 4.39 Å². The van der Waals surface area contributed by atoms with Crippen LogP contribution in [0, 0.1) is 5.82 Å². The fraction of sp³-hybridized carbons (Fsp3) is 0.417. The molecule has 0 fully saturated rings. The van der Waals surface area contributed by atoms with Crippen molar-refractivity contribution in [1.29, 1.82) is 0 Å². The van der Waals surface area contributed by atoms with Crippen LogP contribution in [0.5, 0.6) is 0 Å². The molecule has 0 aromatic heterocycles. The largest absolute Gasteiger partial charge is 0.396 e. The number of anilines is 1. The predicted octanol–water partition coefficient (Wildman–Crippen LogP) is 1.04. The number of nitrogens with zero attached hydrogens (tertiary/aromatic N) is 2. The van der Waals surface area contributed by atoms with Crippen LogP contribution >= 0.6 is 0 Å². The number of benzene rings is 1. The molecule has 1 amide bonds. The Balaban J connectivity index is 2.78. The number of hydrogen-bond donors (Lipinski definition) is 1. The predicted molar refractivity (Wildman–Crippen MR) is 66.3 cm³/mol. The number of carbonyl (C=O) groups excluding carboxylic acids is 1. The quantitative estimate of drug-likeness (QED) is 0.799. The van der Waals surface area contributed by atoms with Crippen LogP contribution in [-0.2, 0) is 0 Å². The number of carbonyl (C=O) groups is 1. The van der Waals surface area contributed by atoms with Crippen LogP contribution in [0.4, 0.5) is 10.1 Å². The second kappa shape index (κ2) is 5.63. The number of hydrogen-bond acceptors (Lipinski definition) is 3. The summed E-state index contributed by atoms with van der Waals surface area (Å²) in [6.45, 7) is 1.32. The summed E-state index contributed by atoms with van der Waals surface area (Å²) >= 11 is 0. The summed E-state index contributed by atoms with van der Waals surface area (Å²) in [5.74, 6) is -0.819. The molecule has 0 saturated heterocycles. The summed E-state index contributed by atoms with van der Waals surface area (Å²) in [7, 11) is 5.53. The van der Waals surface area contributed by atoms with Crippen molar-refractivity contribution in [2.75, 3.05) is 40.0 Å². The van der Waals surface area contributed by atoms with Gasteiger partial charge in [-0.15, -0.1) is 0 Å². The molecular formula is C12H18FN3O. The zero-order chi connectivity index (χ0) is 13.0. The summed E-state index contributed by atoms with van der Waals surface area (Å²) in [6.07, 6.45) is 0. The summed E-state index contributed by atoms with van der Waals surface area (Å²) in [6, 6.07) is 4.26. The van der Waals surface area contributed by atoms with Crippen molar-refractivity contribution in [3.63, 3.8) is 0 Å². The normalized spacial score (nSPS) is 10.6. The minimum Gasteiger partial charge on any atom is -0.396 e. The molecule has 0 aliphatic heterocycles. The highest BCUT2D eigenvalue weighted by Crippen LogP contribution is 2.17. The molecule has 0 spiro atoms. The Bertz CT molecular complexity index is 407. The lowest BCUT2D eigenvalue weighted by Gasteiger charge is -2.20. The van der Waals surface area contributed by atoms with Gasteiger partial charge in [0.15, 0.2) is 0 Å². The molecule has 2 N–H and O–H groups in total. The maximum Gasteiger partial charge on any atom is 0.255 e. The van der Waals surface area contributed by atoms with Crippen molar-refractivity contribution in [1.82, 2.24) is 9.80 Å². The Kier molecular flexibility index (Phi) is 4.45. The number of nitrogens with two attached hydrogens (primary N) is 1. The lowest BCUT2D eigenvalue weighted by molar-refractivity contribution is 0.0787. The Morgan fingerprint density at radius 1 is 1.29 bits per heavy atom. The number of para-hydroxylation sites is 1. The number of likely N-dealkylation sites (N-methyl/N-ethyl adjacent to an activating group) is 2. The highest BCUT2D eigenvalue weighted by atomic mass is 19.1. The highest BCUT2D eigenvalue weighted by molar-refractivity contribution is 5.99. The second-order valence-corrected chi connectivity index (χ2v) is 4.23. The fourth-order valence-electron chi connectivity index (χ4n) is 1.38. The maximum absolute atomic E-state index is 13.2. The van der Waals surface area contributed by atoms with E-state index in [4.69, 9.17) is 5.73 Å². The molecule has 0 heterocycles. The van der Waals surface area contributed by atoms with E-state index >= 15 is 0 Å². The van der Waals surface area contributed by atoms with Gasteiger partial charge in [-0.1, -0.05) is 6.07 Å². The van der Waals surface area contributed by atoms with E-state index in [2.05, 4.69) is 0 Å². The van der Waals surface area contributed by atoms with Gasteiger partial charge in [0, 0.05) is 20.1 Å². The van der Waals surface area contributed by atoms with E-state index in [1.54, 1.807) is 7.05 Å². The van der Waals surface area contributed by atoms with E-state index in [1.807, 2.05) is 19.0 Å².